The first kappa shape index (κ1) is 26.7. The van der Waals surface area contributed by atoms with Gasteiger partial charge in [-0.1, -0.05) is 36.4 Å². The van der Waals surface area contributed by atoms with Gasteiger partial charge in [-0.15, -0.1) is 0 Å². The molecule has 0 heterocycles. The molecule has 0 aromatic heterocycles. The van der Waals surface area contributed by atoms with Gasteiger partial charge in [-0.3, -0.25) is 0 Å². The van der Waals surface area contributed by atoms with Gasteiger partial charge in [0.25, 0.3) is 0 Å². The average Bonchev–Trinajstić information content (AvgIpc) is 2.91. The fourth-order valence-corrected chi connectivity index (χ4v) is 3.32. The molecule has 8 heteroatoms. The maximum Gasteiger partial charge on any atom is 0.338 e. The fraction of sp³-hybridized carbons (Fsp3) is 0.250. The Labute approximate surface area is 210 Å². The Kier molecular flexibility index (Phi) is 10.3. The van der Waals surface area contributed by atoms with Gasteiger partial charge in [0.2, 0.25) is 0 Å². The van der Waals surface area contributed by atoms with E-state index in [1.165, 1.54) is 19.2 Å². The molecule has 0 fully saturated rings. The lowest BCUT2D eigenvalue weighted by atomic mass is 10.0. The van der Waals surface area contributed by atoms with E-state index in [4.69, 9.17) is 18.9 Å². The molecule has 3 aromatic carbocycles. The molecule has 0 saturated heterocycles. The van der Waals surface area contributed by atoms with E-state index in [0.29, 0.717) is 53.6 Å². The minimum atomic E-state index is -0.722. The van der Waals surface area contributed by atoms with Crippen LogP contribution < -0.4 is 19.5 Å². The summed E-state index contributed by atoms with van der Waals surface area (Å²) in [5, 5.41) is 13.3. The van der Waals surface area contributed by atoms with Crippen LogP contribution in [-0.2, 0) is 9.53 Å². The molecular weight excluding hydrogens is 465 g/mol. The van der Waals surface area contributed by atoms with E-state index in [2.05, 4.69) is 5.32 Å². The number of hydrogen-bond acceptors (Lipinski definition) is 7. The Balaban J connectivity index is 1.46. The summed E-state index contributed by atoms with van der Waals surface area (Å²) in [5.41, 5.74) is 1.62. The lowest BCUT2D eigenvalue weighted by molar-refractivity contribution is -0.133. The highest BCUT2D eigenvalue weighted by molar-refractivity contribution is 6.21. The third-order valence-corrected chi connectivity index (χ3v) is 5.18. The smallest absolute Gasteiger partial charge is 0.338 e. The van der Waals surface area contributed by atoms with Gasteiger partial charge in [-0.05, 0) is 53.6 Å². The Morgan fingerprint density at radius 1 is 0.972 bits per heavy atom. The van der Waals surface area contributed by atoms with Crippen LogP contribution in [0, 0.1) is 5.82 Å². The van der Waals surface area contributed by atoms with E-state index < -0.39 is 12.1 Å². The van der Waals surface area contributed by atoms with Gasteiger partial charge < -0.3 is 29.4 Å². The maximum atomic E-state index is 13.2. The number of carbonyl (C=O) groups excluding carboxylic acids is 1. The summed E-state index contributed by atoms with van der Waals surface area (Å²) in [4.78, 5) is 12.3. The van der Waals surface area contributed by atoms with Gasteiger partial charge in [-0.2, -0.15) is 0 Å². The van der Waals surface area contributed by atoms with Gasteiger partial charge in [0.1, 0.15) is 30.9 Å². The van der Waals surface area contributed by atoms with Crippen LogP contribution in [0.15, 0.2) is 72.8 Å². The predicted octanol–water partition coefficient (Wildman–Crippen LogP) is 3.96. The van der Waals surface area contributed by atoms with Crippen LogP contribution in [0.5, 0.6) is 17.2 Å². The number of esters is 1. The zero-order valence-electron chi connectivity index (χ0n) is 20.3. The highest BCUT2D eigenvalue weighted by atomic mass is 19.1. The first-order chi connectivity index (χ1) is 17.5. The molecule has 1 unspecified atom stereocenters. The number of hydrogen-bond donors (Lipinski definition) is 2. The third kappa shape index (κ3) is 8.11. The topological polar surface area (TPSA) is 86.3 Å². The second kappa shape index (κ2) is 13.9. The largest absolute Gasteiger partial charge is 0.493 e. The highest BCUT2D eigenvalue weighted by Gasteiger charge is 2.13. The van der Waals surface area contributed by atoms with Crippen molar-refractivity contribution in [3.05, 3.63) is 89.7 Å². The van der Waals surface area contributed by atoms with Gasteiger partial charge >= 0.3 is 5.97 Å². The first-order valence-electron chi connectivity index (χ1n) is 11.4. The molecule has 0 saturated carbocycles. The van der Waals surface area contributed by atoms with Crippen LogP contribution >= 0.6 is 0 Å². The van der Waals surface area contributed by atoms with Crippen molar-refractivity contribution in [3.8, 4) is 17.2 Å². The summed E-state index contributed by atoms with van der Waals surface area (Å²) in [6.07, 6.45) is 0.911. The quantitative estimate of drug-likeness (QED) is 0.161. The number of ether oxygens (including phenoxy) is 4. The summed E-state index contributed by atoms with van der Waals surface area (Å²) in [6.45, 7) is 1.39. The van der Waals surface area contributed by atoms with Crippen LogP contribution in [0.1, 0.15) is 11.1 Å². The molecule has 1 atom stereocenters. The number of benzene rings is 3. The molecule has 2 N–H and O–H groups in total. The van der Waals surface area contributed by atoms with Gasteiger partial charge in [0.05, 0.1) is 19.8 Å². The second-order valence-electron chi connectivity index (χ2n) is 7.79. The summed E-state index contributed by atoms with van der Waals surface area (Å²) < 4.78 is 34.7. The lowest BCUT2D eigenvalue weighted by Gasteiger charge is -2.14. The van der Waals surface area contributed by atoms with Crippen molar-refractivity contribution < 1.29 is 33.2 Å². The number of rotatable bonds is 13. The van der Waals surface area contributed by atoms with Crippen molar-refractivity contribution in [2.45, 2.75) is 6.10 Å². The first-order valence-corrected chi connectivity index (χ1v) is 11.4. The maximum absolute atomic E-state index is 13.2. The minimum Gasteiger partial charge on any atom is -0.493 e. The molecule has 0 spiro atoms. The van der Waals surface area contributed by atoms with Crippen LogP contribution in [-0.4, -0.2) is 57.7 Å². The molecule has 0 aliphatic rings. The Morgan fingerprint density at radius 2 is 1.67 bits per heavy atom. The molecule has 3 aromatic rings. The molecule has 0 radical (unpaired) electrons. The number of carbonyl (C=O) groups is 1. The van der Waals surface area contributed by atoms with Crippen molar-refractivity contribution >= 4 is 17.6 Å². The van der Waals surface area contributed by atoms with Gasteiger partial charge in [0, 0.05) is 13.1 Å². The Bertz CT molecular complexity index is 1130. The average molecular weight is 496 g/mol. The molecule has 0 aliphatic heterocycles. The molecule has 190 valence electrons. The summed E-state index contributed by atoms with van der Waals surface area (Å²) in [6, 6.07) is 20.1. The fourth-order valence-electron chi connectivity index (χ4n) is 3.32. The van der Waals surface area contributed by atoms with E-state index in [1.54, 1.807) is 49.6 Å². The van der Waals surface area contributed by atoms with Crippen molar-refractivity contribution in [3.63, 3.8) is 0 Å². The number of aliphatic hydroxyl groups excluding tert-OH is 1. The summed E-state index contributed by atoms with van der Waals surface area (Å²) in [7, 11) is 2.89. The third-order valence-electron chi connectivity index (χ3n) is 5.18. The van der Waals surface area contributed by atoms with E-state index in [-0.39, 0.29) is 12.4 Å². The van der Waals surface area contributed by atoms with Crippen molar-refractivity contribution in [2.24, 2.45) is 0 Å². The van der Waals surface area contributed by atoms with E-state index in [0.717, 1.165) is 0 Å². The number of methoxy groups -OCH3 is 2. The molecule has 3 rings (SSSR count). The van der Waals surface area contributed by atoms with Crippen molar-refractivity contribution in [1.82, 2.24) is 5.32 Å². The molecule has 36 heavy (non-hydrogen) atoms. The van der Waals surface area contributed by atoms with Crippen LogP contribution in [0.4, 0.5) is 4.39 Å². The molecular formula is C28H30FNO6. The van der Waals surface area contributed by atoms with Crippen LogP contribution in [0.25, 0.3) is 11.6 Å². The van der Waals surface area contributed by atoms with Crippen molar-refractivity contribution in [1.29, 1.82) is 0 Å². The predicted molar refractivity (Wildman–Crippen MR) is 136 cm³/mol. The minimum absolute atomic E-state index is 0.0923. The number of aliphatic hydroxyl groups is 1. The molecule has 7 nitrogen and oxygen atoms in total. The normalized spacial score (nSPS) is 12.1. The number of para-hydroxylation sites is 2. The van der Waals surface area contributed by atoms with Crippen LogP contribution in [0.2, 0.25) is 0 Å². The van der Waals surface area contributed by atoms with Crippen LogP contribution in [0.3, 0.4) is 0 Å². The Hall–Kier alpha value is -3.88. The number of nitrogens with one attached hydrogen (secondary N) is 1. The molecule has 0 amide bonds. The summed E-state index contributed by atoms with van der Waals surface area (Å²) >= 11 is 0. The second-order valence-corrected chi connectivity index (χ2v) is 7.79. The van der Waals surface area contributed by atoms with Crippen molar-refractivity contribution in [2.75, 3.05) is 40.5 Å². The van der Waals surface area contributed by atoms with E-state index in [9.17, 15) is 14.3 Å². The van der Waals surface area contributed by atoms with Gasteiger partial charge in [0.15, 0.2) is 11.5 Å². The van der Waals surface area contributed by atoms with E-state index >= 15 is 0 Å². The Morgan fingerprint density at radius 3 is 2.33 bits per heavy atom. The standard InChI is InChI=1S/C28H30FNO6/c1-33-26-5-3-4-6-27(26)35-16-15-30-18-23(31)19-36-24-13-9-21(10-14-24)25(28(32)34-2)17-20-7-11-22(29)12-8-20/h3-14,17,23,30-31H,15-16,18-19H2,1-2H3. The zero-order chi connectivity index (χ0) is 25.8. The molecule has 0 aliphatic carbocycles. The highest BCUT2D eigenvalue weighted by Crippen LogP contribution is 2.25. The van der Waals surface area contributed by atoms with Gasteiger partial charge in [-0.25, -0.2) is 9.18 Å². The monoisotopic (exact) mass is 495 g/mol. The lowest BCUT2D eigenvalue weighted by Crippen LogP contribution is -2.33. The summed E-state index contributed by atoms with van der Waals surface area (Å²) in [5.74, 6) is 1.01. The molecule has 0 bridgehead atoms. The van der Waals surface area contributed by atoms with E-state index in [1.807, 2.05) is 24.3 Å². The zero-order valence-corrected chi connectivity index (χ0v) is 20.3. The number of halogens is 1. The SMILES string of the molecule is COC(=O)C(=Cc1ccc(F)cc1)c1ccc(OCC(O)CNCCOc2ccccc2OC)cc1.